The Labute approximate surface area is 136 Å². The van der Waals surface area contributed by atoms with E-state index in [-0.39, 0.29) is 11.9 Å². The molecule has 6 nitrogen and oxygen atoms in total. The predicted octanol–water partition coefficient (Wildman–Crippen LogP) is 1.50. The summed E-state index contributed by atoms with van der Waals surface area (Å²) >= 11 is 0. The van der Waals surface area contributed by atoms with Crippen molar-refractivity contribution in [3.8, 4) is 0 Å². The second-order valence-electron chi connectivity index (χ2n) is 6.29. The molecule has 0 aliphatic carbocycles. The second-order valence-corrected chi connectivity index (χ2v) is 6.29. The highest BCUT2D eigenvalue weighted by atomic mass is 16.2. The lowest BCUT2D eigenvalue weighted by molar-refractivity contribution is -0.134. The molecule has 3 fully saturated rings. The van der Waals surface area contributed by atoms with E-state index in [4.69, 9.17) is 0 Å². The van der Waals surface area contributed by atoms with E-state index < -0.39 is 6.04 Å². The normalized spacial score (nSPS) is 24.7. The molecule has 1 unspecified atom stereocenters. The molecule has 0 saturated carbocycles. The molecule has 6 heteroatoms. The van der Waals surface area contributed by atoms with Crippen molar-refractivity contribution in [2.24, 2.45) is 0 Å². The Bertz CT molecular complexity index is 555. The van der Waals surface area contributed by atoms with Gasteiger partial charge in [-0.1, -0.05) is 18.2 Å². The lowest BCUT2D eigenvalue weighted by atomic mass is 10.0. The van der Waals surface area contributed by atoms with Gasteiger partial charge in [-0.05, 0) is 31.9 Å². The van der Waals surface area contributed by atoms with Gasteiger partial charge in [-0.25, -0.2) is 4.79 Å². The number of hydrogen-bond donors (Lipinski definition) is 2. The van der Waals surface area contributed by atoms with Gasteiger partial charge in [0.05, 0.1) is 0 Å². The molecule has 3 saturated heterocycles. The fraction of sp³-hybridized carbons (Fsp3) is 0.529. The van der Waals surface area contributed by atoms with Crippen LogP contribution in [-0.2, 0) is 4.79 Å². The first-order chi connectivity index (χ1) is 11.1. The monoisotopic (exact) mass is 316 g/mol. The lowest BCUT2D eigenvalue weighted by Gasteiger charge is -2.33. The average Bonchev–Trinajstić information content (AvgIpc) is 2.88. The molecule has 3 heterocycles. The Kier molecular flexibility index (Phi) is 4.81. The van der Waals surface area contributed by atoms with E-state index in [1.165, 1.54) is 0 Å². The highest BCUT2D eigenvalue weighted by Crippen LogP contribution is 2.21. The summed E-state index contributed by atoms with van der Waals surface area (Å²) in [6, 6.07) is 8.68. The summed E-state index contributed by atoms with van der Waals surface area (Å²) in [5.41, 5.74) is 0.714. The van der Waals surface area contributed by atoms with Crippen LogP contribution in [0.4, 0.5) is 10.5 Å². The summed E-state index contributed by atoms with van der Waals surface area (Å²) in [7, 11) is 0. The summed E-state index contributed by atoms with van der Waals surface area (Å²) in [6.45, 7) is 5.60. The molecule has 2 bridgehead atoms. The van der Waals surface area contributed by atoms with Crippen LogP contribution in [0.5, 0.6) is 0 Å². The first kappa shape index (κ1) is 15.8. The number of benzene rings is 1. The number of nitrogens with one attached hydrogen (secondary N) is 2. The minimum Gasteiger partial charge on any atom is -0.337 e. The van der Waals surface area contributed by atoms with E-state index in [0.717, 1.165) is 39.0 Å². The van der Waals surface area contributed by atoms with Crippen LogP contribution in [0.2, 0.25) is 0 Å². The van der Waals surface area contributed by atoms with Crippen LogP contribution in [0.15, 0.2) is 30.3 Å². The maximum Gasteiger partial charge on any atom is 0.319 e. The van der Waals surface area contributed by atoms with E-state index in [0.29, 0.717) is 11.7 Å². The third-order valence-corrected chi connectivity index (χ3v) is 4.69. The number of piperidine rings is 1. The molecular formula is C17H24N4O2. The Balaban J connectivity index is 1.55. The fourth-order valence-corrected chi connectivity index (χ4v) is 3.37. The van der Waals surface area contributed by atoms with E-state index in [9.17, 15) is 9.59 Å². The summed E-state index contributed by atoms with van der Waals surface area (Å²) in [4.78, 5) is 29.1. The maximum absolute atomic E-state index is 12.7. The number of anilines is 1. The predicted molar refractivity (Wildman–Crippen MR) is 89.2 cm³/mol. The molecular weight excluding hydrogens is 292 g/mol. The van der Waals surface area contributed by atoms with Crippen LogP contribution >= 0.6 is 0 Å². The van der Waals surface area contributed by atoms with Gasteiger partial charge in [0.25, 0.3) is 0 Å². The smallest absolute Gasteiger partial charge is 0.319 e. The van der Waals surface area contributed by atoms with Crippen molar-refractivity contribution in [3.05, 3.63) is 30.3 Å². The van der Waals surface area contributed by atoms with Crippen molar-refractivity contribution in [1.29, 1.82) is 0 Å². The van der Waals surface area contributed by atoms with Crippen LogP contribution in [-0.4, -0.2) is 60.0 Å². The van der Waals surface area contributed by atoms with E-state index >= 15 is 0 Å². The van der Waals surface area contributed by atoms with Gasteiger partial charge in [0.15, 0.2) is 0 Å². The Hall–Kier alpha value is -2.08. The molecule has 1 aromatic rings. The van der Waals surface area contributed by atoms with Crippen molar-refractivity contribution in [1.82, 2.24) is 15.1 Å². The second kappa shape index (κ2) is 7.00. The number of rotatable bonds is 3. The molecule has 1 aromatic carbocycles. The Morgan fingerprint density at radius 1 is 1.09 bits per heavy atom. The van der Waals surface area contributed by atoms with Crippen molar-refractivity contribution in [3.63, 3.8) is 0 Å². The van der Waals surface area contributed by atoms with Crippen molar-refractivity contribution in [2.45, 2.75) is 31.8 Å². The quantitative estimate of drug-likeness (QED) is 0.888. The largest absolute Gasteiger partial charge is 0.337 e. The molecule has 1 atom stereocenters. The number of hydrogen-bond acceptors (Lipinski definition) is 3. The fourth-order valence-electron chi connectivity index (χ4n) is 3.37. The third-order valence-electron chi connectivity index (χ3n) is 4.69. The highest BCUT2D eigenvalue weighted by molar-refractivity contribution is 5.93. The van der Waals surface area contributed by atoms with E-state index in [1.54, 1.807) is 6.92 Å². The van der Waals surface area contributed by atoms with Gasteiger partial charge in [-0.15, -0.1) is 0 Å². The van der Waals surface area contributed by atoms with Crippen LogP contribution in [0, 0.1) is 0 Å². The summed E-state index contributed by atoms with van der Waals surface area (Å²) in [6.07, 6.45) is 2.07. The van der Waals surface area contributed by atoms with Crippen LogP contribution in [0.25, 0.3) is 0 Å². The first-order valence-electron chi connectivity index (χ1n) is 8.29. The maximum atomic E-state index is 12.7. The minimum atomic E-state index is -0.522. The zero-order valence-corrected chi connectivity index (χ0v) is 13.5. The Morgan fingerprint density at radius 2 is 1.78 bits per heavy atom. The molecule has 0 spiro atoms. The van der Waals surface area contributed by atoms with Crippen LogP contribution in [0.1, 0.15) is 19.8 Å². The minimum absolute atomic E-state index is 0.0157. The highest BCUT2D eigenvalue weighted by Gasteiger charge is 2.33. The van der Waals surface area contributed by atoms with Gasteiger partial charge in [-0.2, -0.15) is 0 Å². The number of carbonyl (C=O) groups excluding carboxylic acids is 2. The molecule has 2 N–H and O–H groups in total. The molecule has 3 aliphatic heterocycles. The first-order valence-corrected chi connectivity index (χ1v) is 8.29. The zero-order chi connectivity index (χ0) is 16.2. The van der Waals surface area contributed by atoms with Crippen molar-refractivity contribution >= 4 is 17.6 Å². The standard InChI is InChI=1S/C17H24N4O2/c1-13(18-17(23)19-14-5-3-2-4-6-14)16(22)21-12-11-20-9-7-15(21)8-10-20/h2-6,13,15H,7-12H2,1H3,(H2,18,19,23). The molecule has 23 heavy (non-hydrogen) atoms. The zero-order valence-electron chi connectivity index (χ0n) is 13.5. The molecule has 3 amide bonds. The van der Waals surface area contributed by atoms with E-state index in [2.05, 4.69) is 15.5 Å². The Morgan fingerprint density at radius 3 is 2.48 bits per heavy atom. The molecule has 3 aliphatic rings. The van der Waals surface area contributed by atoms with E-state index in [1.807, 2.05) is 35.2 Å². The number of para-hydroxylation sites is 1. The molecule has 0 radical (unpaired) electrons. The van der Waals surface area contributed by atoms with Gasteiger partial charge < -0.3 is 20.4 Å². The van der Waals surface area contributed by atoms with Gasteiger partial charge in [0, 0.05) is 37.9 Å². The number of nitrogens with zero attached hydrogens (tertiary/aromatic N) is 2. The SMILES string of the molecule is CC(NC(=O)Nc1ccccc1)C(=O)N1CCN2CCC1CC2. The van der Waals surface area contributed by atoms with Crippen LogP contribution < -0.4 is 10.6 Å². The van der Waals surface area contributed by atoms with Gasteiger partial charge >= 0.3 is 6.03 Å². The molecule has 124 valence electrons. The van der Waals surface area contributed by atoms with Gasteiger partial charge in [0.2, 0.25) is 5.91 Å². The summed E-state index contributed by atoms with van der Waals surface area (Å²) in [5.74, 6) is 0.0157. The van der Waals surface area contributed by atoms with Crippen molar-refractivity contribution in [2.75, 3.05) is 31.5 Å². The molecule has 0 aromatic heterocycles. The summed E-state index contributed by atoms with van der Waals surface area (Å²) < 4.78 is 0. The third kappa shape index (κ3) is 3.82. The number of urea groups is 1. The number of fused-ring (bicyclic) bond motifs is 4. The number of amides is 3. The average molecular weight is 316 g/mol. The summed E-state index contributed by atoms with van der Waals surface area (Å²) in [5, 5.41) is 5.50. The van der Waals surface area contributed by atoms with Gasteiger partial charge in [-0.3, -0.25) is 4.79 Å². The molecule has 4 rings (SSSR count). The number of carbonyl (C=O) groups is 2. The van der Waals surface area contributed by atoms with Crippen molar-refractivity contribution < 1.29 is 9.59 Å². The lowest BCUT2D eigenvalue weighted by Crippen LogP contribution is -2.51. The van der Waals surface area contributed by atoms with Gasteiger partial charge in [0.1, 0.15) is 6.04 Å². The van der Waals surface area contributed by atoms with Crippen LogP contribution in [0.3, 0.4) is 0 Å². The topological polar surface area (TPSA) is 64.7 Å².